The molecule has 0 atom stereocenters. The van der Waals surface area contributed by atoms with Crippen LogP contribution in [-0.2, 0) is 25.0 Å². The molecule has 0 bridgehead atoms. The Kier molecular flexibility index (Phi) is 7.44. The van der Waals surface area contributed by atoms with E-state index in [1.165, 1.54) is 27.1 Å². The highest BCUT2D eigenvalue weighted by Gasteiger charge is 2.43. The quantitative estimate of drug-likeness (QED) is 0.667. The highest BCUT2D eigenvalue weighted by atomic mass is 32.2. The summed E-state index contributed by atoms with van der Waals surface area (Å²) in [5.74, 6) is -0.00637. The van der Waals surface area contributed by atoms with Gasteiger partial charge in [-0.1, -0.05) is 30.3 Å². The van der Waals surface area contributed by atoms with E-state index in [0.717, 1.165) is 9.87 Å². The van der Waals surface area contributed by atoms with Crippen LogP contribution in [-0.4, -0.2) is 63.2 Å². The van der Waals surface area contributed by atoms with Gasteiger partial charge in [-0.25, -0.2) is 12.7 Å². The van der Waals surface area contributed by atoms with Gasteiger partial charge in [-0.3, -0.25) is 9.59 Å². The van der Waals surface area contributed by atoms with Crippen LogP contribution >= 0.6 is 0 Å². The number of likely N-dealkylation sites (tertiary alicyclic amines) is 1. The molecule has 0 saturated carbocycles. The van der Waals surface area contributed by atoms with Gasteiger partial charge < -0.3 is 15.0 Å². The maximum atomic E-state index is 13.7. The number of nitrogens with zero attached hydrogens (tertiary/aromatic N) is 2. The van der Waals surface area contributed by atoms with Crippen molar-refractivity contribution >= 4 is 27.5 Å². The van der Waals surface area contributed by atoms with Gasteiger partial charge >= 0.3 is 0 Å². The minimum Gasteiger partial charge on any atom is -0.492 e. The molecule has 0 spiro atoms. The van der Waals surface area contributed by atoms with Crippen molar-refractivity contribution < 1.29 is 22.7 Å². The van der Waals surface area contributed by atoms with Crippen molar-refractivity contribution in [2.75, 3.05) is 39.1 Å². The average Bonchev–Trinajstić information content (AvgIpc) is 2.80. The van der Waals surface area contributed by atoms with E-state index in [1.807, 2.05) is 30.3 Å². The van der Waals surface area contributed by atoms with Gasteiger partial charge in [0.1, 0.15) is 10.6 Å². The topological polar surface area (TPSA) is 96.0 Å². The lowest BCUT2D eigenvalue weighted by Crippen LogP contribution is -2.50. The first kappa shape index (κ1) is 24.7. The van der Waals surface area contributed by atoms with Crippen LogP contribution in [0.25, 0.3) is 0 Å². The number of anilines is 1. The minimum atomic E-state index is -3.78. The molecule has 1 saturated heterocycles. The smallest absolute Gasteiger partial charge is 0.246 e. The van der Waals surface area contributed by atoms with Gasteiger partial charge in [0.05, 0.1) is 12.0 Å². The van der Waals surface area contributed by atoms with Gasteiger partial charge in [0.15, 0.2) is 0 Å². The fourth-order valence-corrected chi connectivity index (χ4v) is 5.17. The number of piperidine rings is 1. The van der Waals surface area contributed by atoms with Crippen molar-refractivity contribution in [3.8, 4) is 5.75 Å². The van der Waals surface area contributed by atoms with Gasteiger partial charge in [-0.15, -0.1) is 0 Å². The predicted molar refractivity (Wildman–Crippen MR) is 127 cm³/mol. The van der Waals surface area contributed by atoms with Crippen LogP contribution in [0.4, 0.5) is 5.69 Å². The van der Waals surface area contributed by atoms with E-state index in [4.69, 9.17) is 4.74 Å². The summed E-state index contributed by atoms with van der Waals surface area (Å²) < 4.78 is 32.3. The highest BCUT2D eigenvalue weighted by molar-refractivity contribution is 7.89. The van der Waals surface area contributed by atoms with Crippen molar-refractivity contribution in [1.29, 1.82) is 0 Å². The Morgan fingerprint density at radius 2 is 1.73 bits per heavy atom. The van der Waals surface area contributed by atoms with Gasteiger partial charge in [0, 0.05) is 39.8 Å². The lowest BCUT2D eigenvalue weighted by atomic mass is 9.72. The number of amides is 2. The van der Waals surface area contributed by atoms with E-state index in [1.54, 1.807) is 24.0 Å². The molecule has 0 unspecified atom stereocenters. The van der Waals surface area contributed by atoms with E-state index in [-0.39, 0.29) is 22.5 Å². The van der Waals surface area contributed by atoms with Crippen LogP contribution < -0.4 is 10.1 Å². The van der Waals surface area contributed by atoms with Crippen molar-refractivity contribution in [3.05, 3.63) is 54.1 Å². The maximum Gasteiger partial charge on any atom is 0.246 e. The van der Waals surface area contributed by atoms with Crippen LogP contribution in [0.1, 0.15) is 32.3 Å². The summed E-state index contributed by atoms with van der Waals surface area (Å²) in [6.07, 6.45) is 0.949. The molecule has 3 rings (SSSR count). The normalized spacial score (nSPS) is 15.8. The first-order chi connectivity index (χ1) is 15.6. The number of benzene rings is 2. The zero-order valence-electron chi connectivity index (χ0n) is 19.5. The summed E-state index contributed by atoms with van der Waals surface area (Å²) in [6.45, 7) is 4.56. The van der Waals surface area contributed by atoms with Crippen molar-refractivity contribution in [3.63, 3.8) is 0 Å². The Balaban J connectivity index is 1.97. The molecule has 9 heteroatoms. The van der Waals surface area contributed by atoms with Gasteiger partial charge in [0.25, 0.3) is 0 Å². The number of carbonyl (C=O) groups excluding carboxylic acids is 2. The Morgan fingerprint density at radius 3 is 2.27 bits per heavy atom. The van der Waals surface area contributed by atoms with Gasteiger partial charge in [-0.2, -0.15) is 0 Å². The molecule has 1 fully saturated rings. The highest BCUT2D eigenvalue weighted by Crippen LogP contribution is 2.37. The predicted octanol–water partition coefficient (Wildman–Crippen LogP) is 2.85. The molecule has 178 valence electrons. The largest absolute Gasteiger partial charge is 0.492 e. The number of hydrogen-bond acceptors (Lipinski definition) is 5. The Morgan fingerprint density at radius 1 is 1.09 bits per heavy atom. The summed E-state index contributed by atoms with van der Waals surface area (Å²) in [4.78, 5) is 27.2. The summed E-state index contributed by atoms with van der Waals surface area (Å²) in [6, 6.07) is 14.1. The maximum absolute atomic E-state index is 13.7. The number of hydrogen-bond donors (Lipinski definition) is 1. The Bertz CT molecular complexity index is 1110. The number of sulfonamides is 1. The molecule has 2 amide bonds. The van der Waals surface area contributed by atoms with Crippen LogP contribution in [0, 0.1) is 0 Å². The second kappa shape index (κ2) is 9.93. The number of rotatable bonds is 7. The molecule has 0 aliphatic carbocycles. The van der Waals surface area contributed by atoms with Gasteiger partial charge in [-0.05, 0) is 43.5 Å². The van der Waals surface area contributed by atoms with E-state index < -0.39 is 15.4 Å². The van der Waals surface area contributed by atoms with Crippen molar-refractivity contribution in [1.82, 2.24) is 9.21 Å². The third-order valence-electron chi connectivity index (χ3n) is 6.08. The van der Waals surface area contributed by atoms with E-state index in [2.05, 4.69) is 5.32 Å². The monoisotopic (exact) mass is 473 g/mol. The molecule has 1 aliphatic heterocycles. The molecule has 1 aliphatic rings. The summed E-state index contributed by atoms with van der Waals surface area (Å²) >= 11 is 0. The summed E-state index contributed by atoms with van der Waals surface area (Å²) in [5.41, 5.74) is 0.415. The lowest BCUT2D eigenvalue weighted by Gasteiger charge is -2.40. The minimum absolute atomic E-state index is 0.00712. The molecule has 1 heterocycles. The fourth-order valence-electron chi connectivity index (χ4n) is 4.12. The zero-order valence-corrected chi connectivity index (χ0v) is 20.3. The van der Waals surface area contributed by atoms with E-state index in [0.29, 0.717) is 38.2 Å². The number of carbonyl (C=O) groups is 2. The third kappa shape index (κ3) is 5.04. The zero-order chi connectivity index (χ0) is 24.2. The van der Waals surface area contributed by atoms with Crippen LogP contribution in [0.5, 0.6) is 5.75 Å². The first-order valence-corrected chi connectivity index (χ1v) is 12.4. The molecule has 8 nitrogen and oxygen atoms in total. The average molecular weight is 474 g/mol. The fraction of sp³-hybridized carbons (Fsp3) is 0.417. The third-order valence-corrected chi connectivity index (χ3v) is 7.92. The second-order valence-electron chi connectivity index (χ2n) is 8.29. The Hall–Kier alpha value is -2.91. The first-order valence-electron chi connectivity index (χ1n) is 10.9. The Labute approximate surface area is 195 Å². The van der Waals surface area contributed by atoms with Crippen molar-refractivity contribution in [2.24, 2.45) is 0 Å². The number of ether oxygens (including phenoxy) is 1. The molecular formula is C24H31N3O5S. The molecule has 1 N–H and O–H groups in total. The van der Waals surface area contributed by atoms with Gasteiger partial charge in [0.2, 0.25) is 21.8 Å². The van der Waals surface area contributed by atoms with E-state index >= 15 is 0 Å². The second-order valence-corrected chi connectivity index (χ2v) is 10.4. The number of nitrogens with one attached hydrogen (secondary N) is 1. The van der Waals surface area contributed by atoms with Crippen LogP contribution in [0.3, 0.4) is 0 Å². The molecule has 0 aromatic heterocycles. The van der Waals surface area contributed by atoms with E-state index in [9.17, 15) is 18.0 Å². The lowest BCUT2D eigenvalue weighted by molar-refractivity contribution is -0.133. The van der Waals surface area contributed by atoms with Crippen LogP contribution in [0.2, 0.25) is 0 Å². The molecule has 33 heavy (non-hydrogen) atoms. The van der Waals surface area contributed by atoms with Crippen LogP contribution in [0.15, 0.2) is 53.4 Å². The molecule has 0 radical (unpaired) electrons. The summed E-state index contributed by atoms with van der Waals surface area (Å²) in [5, 5.41) is 2.93. The molecular weight excluding hydrogens is 442 g/mol. The van der Waals surface area contributed by atoms with Crippen molar-refractivity contribution in [2.45, 2.75) is 37.0 Å². The standard InChI is InChI=1S/C24H31N3O5S/c1-5-32-21-12-11-20(17-22(21)33(30,31)26(3)4)25-23(29)24(19-9-7-6-8-10-19)13-15-27(16-14-24)18(2)28/h6-12,17H,5,13-16H2,1-4H3,(H,25,29). The molecule has 2 aromatic rings. The summed E-state index contributed by atoms with van der Waals surface area (Å²) in [7, 11) is -0.888. The molecule has 2 aromatic carbocycles. The SMILES string of the molecule is CCOc1ccc(NC(=O)C2(c3ccccc3)CCN(C(C)=O)CC2)cc1S(=O)(=O)N(C)C.